The minimum Gasteiger partial charge on any atom is -0.495 e. The zero-order chi connectivity index (χ0) is 28.6. The molecule has 0 bridgehead atoms. The summed E-state index contributed by atoms with van der Waals surface area (Å²) in [4.78, 5) is 15.0. The fraction of sp³-hybridized carbons (Fsp3) is 0.483. The second-order valence-corrected chi connectivity index (χ2v) is 11.2. The lowest BCUT2D eigenvalue weighted by atomic mass is 9.92. The summed E-state index contributed by atoms with van der Waals surface area (Å²) in [5.41, 5.74) is 0.795. The van der Waals surface area contributed by atoms with Crippen molar-refractivity contribution in [2.75, 3.05) is 31.7 Å². The van der Waals surface area contributed by atoms with Crippen LogP contribution < -0.4 is 19.7 Å². The van der Waals surface area contributed by atoms with Crippen LogP contribution in [0.2, 0.25) is 0 Å². The Morgan fingerprint density at radius 3 is 2.56 bits per heavy atom. The number of nitriles is 1. The summed E-state index contributed by atoms with van der Waals surface area (Å²) in [6.45, 7) is 3.02. The molecule has 5 rings (SSSR count). The molecule has 0 atom stereocenters. The number of piperidine rings is 1. The van der Waals surface area contributed by atoms with E-state index < -0.39 is 0 Å². The number of ether oxygens (including phenoxy) is 3. The second kappa shape index (κ2) is 13.8. The standard InChI is InChI=1S/C29H34BrN7O4/c1-39-27-16-25(5-2-20(27)17-31)41-24-6-3-22(4-7-24)33-29(38)26-8-9-28(35-34-26)36-12-10-23(11-13-36)40-15-14-37-19-21(30)18-32-37/h2,5,8-9,16,18-19,22-24H,3-4,6-7,10-15H2,1H3,(H,33,38). The van der Waals surface area contributed by atoms with Crippen LogP contribution in [-0.4, -0.2) is 70.9 Å². The highest BCUT2D eigenvalue weighted by Crippen LogP contribution is 2.28. The number of methoxy groups -OCH3 is 1. The molecule has 1 aliphatic carbocycles. The molecule has 2 aliphatic rings. The first-order valence-electron chi connectivity index (χ1n) is 13.9. The number of halogens is 1. The van der Waals surface area contributed by atoms with Crippen molar-refractivity contribution in [3.05, 3.63) is 58.5 Å². The van der Waals surface area contributed by atoms with Gasteiger partial charge < -0.3 is 24.4 Å². The van der Waals surface area contributed by atoms with Gasteiger partial charge in [-0.1, -0.05) is 0 Å². The Kier molecular flexibility index (Phi) is 9.69. The normalized spacial score (nSPS) is 19.4. The minimum atomic E-state index is -0.207. The number of benzene rings is 1. The van der Waals surface area contributed by atoms with Crippen LogP contribution in [0, 0.1) is 11.3 Å². The number of aromatic nitrogens is 4. The predicted octanol–water partition coefficient (Wildman–Crippen LogP) is 4.12. The van der Waals surface area contributed by atoms with Crippen LogP contribution in [0.5, 0.6) is 11.5 Å². The molecule has 41 heavy (non-hydrogen) atoms. The molecule has 11 nitrogen and oxygen atoms in total. The molecule has 1 aliphatic heterocycles. The molecule has 1 saturated carbocycles. The first-order valence-corrected chi connectivity index (χ1v) is 14.7. The minimum absolute atomic E-state index is 0.0493. The number of hydrogen-bond acceptors (Lipinski definition) is 9. The third kappa shape index (κ3) is 7.74. The van der Waals surface area contributed by atoms with E-state index in [9.17, 15) is 4.79 Å². The van der Waals surface area contributed by atoms with Gasteiger partial charge in [-0.15, -0.1) is 10.2 Å². The van der Waals surface area contributed by atoms with E-state index >= 15 is 0 Å². The number of carbonyl (C=O) groups excluding carboxylic acids is 1. The lowest BCUT2D eigenvalue weighted by molar-refractivity contribution is 0.0310. The molecule has 3 heterocycles. The first kappa shape index (κ1) is 28.8. The van der Waals surface area contributed by atoms with Gasteiger partial charge in [-0.2, -0.15) is 10.4 Å². The Balaban J connectivity index is 1.02. The van der Waals surface area contributed by atoms with Crippen molar-refractivity contribution in [3.8, 4) is 17.6 Å². The van der Waals surface area contributed by atoms with E-state index in [2.05, 4.69) is 47.5 Å². The molecule has 1 amide bonds. The molecule has 0 radical (unpaired) electrons. The van der Waals surface area contributed by atoms with Crippen molar-refractivity contribution in [3.63, 3.8) is 0 Å². The fourth-order valence-corrected chi connectivity index (χ4v) is 5.58. The van der Waals surface area contributed by atoms with Gasteiger partial charge in [-0.05, 0) is 78.7 Å². The fourth-order valence-electron chi connectivity index (χ4n) is 5.25. The summed E-state index contributed by atoms with van der Waals surface area (Å²) in [6, 6.07) is 11.0. The molecule has 1 N–H and O–H groups in total. The van der Waals surface area contributed by atoms with Crippen LogP contribution in [0.25, 0.3) is 0 Å². The highest BCUT2D eigenvalue weighted by Gasteiger charge is 2.25. The number of anilines is 1. The van der Waals surface area contributed by atoms with Gasteiger partial charge in [0.1, 0.15) is 17.6 Å². The van der Waals surface area contributed by atoms with E-state index in [0.29, 0.717) is 29.4 Å². The number of rotatable bonds is 10. The number of amides is 1. The summed E-state index contributed by atoms with van der Waals surface area (Å²) >= 11 is 3.41. The van der Waals surface area contributed by atoms with Crippen molar-refractivity contribution in [1.29, 1.82) is 5.26 Å². The second-order valence-electron chi connectivity index (χ2n) is 10.3. The maximum Gasteiger partial charge on any atom is 0.272 e. The van der Waals surface area contributed by atoms with Crippen molar-refractivity contribution in [1.82, 2.24) is 25.3 Å². The molecule has 2 aromatic heterocycles. The Morgan fingerprint density at radius 2 is 1.90 bits per heavy atom. The molecule has 2 fully saturated rings. The highest BCUT2D eigenvalue weighted by atomic mass is 79.9. The van der Waals surface area contributed by atoms with Gasteiger partial charge >= 0.3 is 0 Å². The Bertz CT molecular complexity index is 1340. The number of carbonyl (C=O) groups is 1. The predicted molar refractivity (Wildman–Crippen MR) is 155 cm³/mol. The van der Waals surface area contributed by atoms with Gasteiger partial charge in [0.05, 0.1) is 48.7 Å². The third-order valence-corrected chi connectivity index (χ3v) is 7.94. The lowest BCUT2D eigenvalue weighted by Crippen LogP contribution is -2.40. The van der Waals surface area contributed by atoms with Crippen LogP contribution in [0.15, 0.2) is 47.2 Å². The molecular formula is C29H34BrN7O4. The van der Waals surface area contributed by atoms with Crippen molar-refractivity contribution in [2.45, 2.75) is 63.3 Å². The lowest BCUT2D eigenvalue weighted by Gasteiger charge is -2.32. The molecule has 216 valence electrons. The van der Waals surface area contributed by atoms with E-state index in [4.69, 9.17) is 19.5 Å². The average molecular weight is 625 g/mol. The summed E-state index contributed by atoms with van der Waals surface area (Å²) in [5.74, 6) is 1.75. The van der Waals surface area contributed by atoms with E-state index in [1.807, 2.05) is 16.9 Å². The molecule has 1 saturated heterocycles. The molecular weight excluding hydrogens is 590 g/mol. The SMILES string of the molecule is COc1cc(OC2CCC(NC(=O)c3ccc(N4CCC(OCCn5cc(Br)cn5)CC4)nn3)CC2)ccc1C#N. The molecule has 0 unspecified atom stereocenters. The Labute approximate surface area is 247 Å². The molecule has 1 aromatic carbocycles. The third-order valence-electron chi connectivity index (χ3n) is 7.53. The van der Waals surface area contributed by atoms with Crippen LogP contribution in [0.1, 0.15) is 54.6 Å². The maximum absolute atomic E-state index is 12.8. The first-order chi connectivity index (χ1) is 20.0. The van der Waals surface area contributed by atoms with Crippen molar-refractivity contribution >= 4 is 27.7 Å². The Morgan fingerprint density at radius 1 is 1.10 bits per heavy atom. The zero-order valence-corrected chi connectivity index (χ0v) is 24.6. The average Bonchev–Trinajstić information content (AvgIpc) is 3.43. The van der Waals surface area contributed by atoms with Gasteiger partial charge in [-0.3, -0.25) is 9.48 Å². The largest absolute Gasteiger partial charge is 0.495 e. The summed E-state index contributed by atoms with van der Waals surface area (Å²) < 4.78 is 20.2. The Hall–Kier alpha value is -3.69. The molecule has 12 heteroatoms. The van der Waals surface area contributed by atoms with Gasteiger partial charge in [0.25, 0.3) is 5.91 Å². The van der Waals surface area contributed by atoms with E-state index in [1.54, 1.807) is 30.5 Å². The van der Waals surface area contributed by atoms with Gasteiger partial charge in [-0.25, -0.2) is 0 Å². The summed E-state index contributed by atoms with van der Waals surface area (Å²) in [6.07, 6.45) is 9.07. The number of nitrogens with one attached hydrogen (secondary N) is 1. The van der Waals surface area contributed by atoms with Crippen molar-refractivity contribution < 1.29 is 19.0 Å². The van der Waals surface area contributed by atoms with E-state index in [1.165, 1.54) is 7.11 Å². The summed E-state index contributed by atoms with van der Waals surface area (Å²) in [5, 5.41) is 25.1. The van der Waals surface area contributed by atoms with Crippen LogP contribution in [0.3, 0.4) is 0 Å². The highest BCUT2D eigenvalue weighted by molar-refractivity contribution is 9.10. The summed E-state index contributed by atoms with van der Waals surface area (Å²) in [7, 11) is 1.54. The zero-order valence-electron chi connectivity index (χ0n) is 23.0. The van der Waals surface area contributed by atoms with E-state index in [0.717, 1.165) is 68.4 Å². The quantitative estimate of drug-likeness (QED) is 0.354. The van der Waals surface area contributed by atoms with Gasteiger partial charge in [0.2, 0.25) is 0 Å². The number of nitrogens with zero attached hydrogens (tertiary/aromatic N) is 6. The monoisotopic (exact) mass is 623 g/mol. The van der Waals surface area contributed by atoms with Gasteiger partial charge in [0.15, 0.2) is 11.5 Å². The van der Waals surface area contributed by atoms with E-state index in [-0.39, 0.29) is 24.2 Å². The number of hydrogen-bond donors (Lipinski definition) is 1. The maximum atomic E-state index is 12.8. The smallest absolute Gasteiger partial charge is 0.272 e. The topological polar surface area (TPSA) is 127 Å². The van der Waals surface area contributed by atoms with Gasteiger partial charge in [0, 0.05) is 31.4 Å². The molecule has 0 spiro atoms. The van der Waals surface area contributed by atoms with Crippen molar-refractivity contribution in [2.24, 2.45) is 0 Å². The molecule has 3 aromatic rings. The van der Waals surface area contributed by atoms with Crippen LogP contribution in [-0.2, 0) is 11.3 Å². The van der Waals surface area contributed by atoms with Crippen LogP contribution >= 0.6 is 15.9 Å². The van der Waals surface area contributed by atoms with Crippen LogP contribution in [0.4, 0.5) is 5.82 Å².